The highest BCUT2D eigenvalue weighted by molar-refractivity contribution is 7.99. The van der Waals surface area contributed by atoms with E-state index >= 15 is 0 Å². The van der Waals surface area contributed by atoms with Gasteiger partial charge >= 0.3 is 0 Å². The van der Waals surface area contributed by atoms with Crippen molar-refractivity contribution < 1.29 is 24.2 Å². The standard InChI is InChI=1S/C35H40N2O5S/c1-31-11-8-21(38)18-33(31)14-15-35(23(19-33)29(39)26-5-4-16-42-26)27(31)9-12-32(2)28(35)10-13-34(32,40)20-43-30-36-24-7-6-22(41-3)17-25(24)37-30/h4-7,14-17,19,21,27-28,38,40H,8-13,18,20H2,1-3H3,(H,36,37)/t21?,27-,28-,31-,32+,33+,34-,35-/m1/s1. The Morgan fingerprint density at radius 1 is 1.12 bits per heavy atom. The van der Waals surface area contributed by atoms with Gasteiger partial charge in [0.15, 0.2) is 10.9 Å². The first-order valence-corrected chi connectivity index (χ1v) is 16.7. The van der Waals surface area contributed by atoms with Gasteiger partial charge in [0.25, 0.3) is 0 Å². The summed E-state index contributed by atoms with van der Waals surface area (Å²) in [6, 6.07) is 9.34. The van der Waals surface area contributed by atoms with Crippen LogP contribution in [0.25, 0.3) is 11.0 Å². The Morgan fingerprint density at radius 2 is 1.91 bits per heavy atom. The zero-order valence-electron chi connectivity index (χ0n) is 25.1. The van der Waals surface area contributed by atoms with Gasteiger partial charge in [0.05, 0.1) is 36.1 Å². The van der Waals surface area contributed by atoms with Gasteiger partial charge in [0.1, 0.15) is 5.75 Å². The van der Waals surface area contributed by atoms with Gasteiger partial charge in [-0.1, -0.05) is 43.8 Å². The number of aromatic nitrogens is 2. The van der Waals surface area contributed by atoms with Crippen molar-refractivity contribution in [3.05, 3.63) is 66.2 Å². The molecule has 0 amide bonds. The number of allylic oxidation sites excluding steroid dienone is 4. The fraction of sp³-hybridized carbons (Fsp3) is 0.543. The monoisotopic (exact) mass is 600 g/mol. The van der Waals surface area contributed by atoms with Crippen LogP contribution in [0.4, 0.5) is 0 Å². The molecule has 9 rings (SSSR count). The third kappa shape index (κ3) is 3.51. The van der Waals surface area contributed by atoms with Gasteiger partial charge in [-0.3, -0.25) is 4.79 Å². The van der Waals surface area contributed by atoms with Gasteiger partial charge < -0.3 is 24.4 Å². The maximum absolute atomic E-state index is 14.3. The second-order valence-electron chi connectivity index (χ2n) is 14.3. The van der Waals surface area contributed by atoms with Crippen molar-refractivity contribution in [1.29, 1.82) is 0 Å². The lowest BCUT2D eigenvalue weighted by Gasteiger charge is -2.71. The van der Waals surface area contributed by atoms with E-state index in [1.54, 1.807) is 37.3 Å². The molecule has 8 heteroatoms. The number of benzene rings is 1. The first-order valence-electron chi connectivity index (χ1n) is 15.7. The minimum atomic E-state index is -0.916. The maximum Gasteiger partial charge on any atom is 0.224 e. The average Bonchev–Trinajstić information content (AvgIpc) is 3.74. The molecule has 0 aliphatic heterocycles. The molecule has 1 aromatic carbocycles. The zero-order valence-corrected chi connectivity index (χ0v) is 25.9. The number of aliphatic hydroxyl groups is 2. The molecule has 3 fully saturated rings. The summed E-state index contributed by atoms with van der Waals surface area (Å²) in [5.41, 5.74) is 0.416. The van der Waals surface area contributed by atoms with E-state index in [4.69, 9.17) is 14.1 Å². The number of hydrogen-bond acceptors (Lipinski definition) is 7. The van der Waals surface area contributed by atoms with E-state index in [0.717, 1.165) is 59.6 Å². The summed E-state index contributed by atoms with van der Waals surface area (Å²) in [6.07, 6.45) is 13.9. The molecule has 6 aliphatic carbocycles. The Bertz CT molecular complexity index is 1680. The van der Waals surface area contributed by atoms with Crippen molar-refractivity contribution >= 4 is 28.6 Å². The molecule has 2 bridgehead atoms. The smallest absolute Gasteiger partial charge is 0.224 e. The first kappa shape index (κ1) is 27.7. The van der Waals surface area contributed by atoms with Gasteiger partial charge in [-0.25, -0.2) is 4.98 Å². The number of fused-ring (bicyclic) bond motifs is 2. The number of Topliss-reactive ketones (excluding diaryl/α,β-unsaturated/α-hetero) is 1. The number of furan rings is 1. The highest BCUT2D eigenvalue weighted by Gasteiger charge is 2.74. The third-order valence-electron chi connectivity index (χ3n) is 12.8. The number of thioether (sulfide) groups is 1. The summed E-state index contributed by atoms with van der Waals surface area (Å²) < 4.78 is 11.1. The van der Waals surface area contributed by atoms with Crippen LogP contribution in [0, 0.1) is 33.5 Å². The lowest BCUT2D eigenvalue weighted by molar-refractivity contribution is -0.166. The van der Waals surface area contributed by atoms with E-state index in [1.807, 2.05) is 18.2 Å². The second-order valence-corrected chi connectivity index (χ2v) is 15.3. The number of carbonyl (C=O) groups excluding carboxylic acids is 1. The minimum Gasteiger partial charge on any atom is -0.497 e. The van der Waals surface area contributed by atoms with E-state index in [9.17, 15) is 15.0 Å². The molecule has 2 heterocycles. The van der Waals surface area contributed by atoms with Crippen molar-refractivity contribution in [2.45, 2.75) is 75.7 Å². The molecule has 0 radical (unpaired) electrons. The number of nitrogens with zero attached hydrogens (tertiary/aromatic N) is 1. The van der Waals surface area contributed by atoms with Crippen LogP contribution in [0.5, 0.6) is 5.75 Å². The topological polar surface area (TPSA) is 109 Å². The molecular formula is C35H40N2O5S. The molecule has 3 saturated carbocycles. The maximum atomic E-state index is 14.3. The summed E-state index contributed by atoms with van der Waals surface area (Å²) in [6.45, 7) is 4.68. The number of rotatable bonds is 6. The van der Waals surface area contributed by atoms with Crippen molar-refractivity contribution in [2.75, 3.05) is 12.9 Å². The van der Waals surface area contributed by atoms with Gasteiger partial charge in [-0.05, 0) is 86.5 Å². The Balaban J connectivity index is 1.18. The van der Waals surface area contributed by atoms with E-state index in [1.165, 1.54) is 0 Å². The van der Waals surface area contributed by atoms with Gasteiger partial charge in [-0.2, -0.15) is 0 Å². The SMILES string of the molecule is COc1ccc2nc(SC[C@]3(O)CC[C@H]4[C@]56C=C[C@@]7(C=C5C(=O)c5ccco5)CC(O)CC[C@]7(C)[C@H]6CC[C@@]43C)[nH]c2c1. The highest BCUT2D eigenvalue weighted by Crippen LogP contribution is 2.78. The number of ether oxygens (including phenoxy) is 1. The number of aromatic amines is 1. The number of nitrogens with one attached hydrogen (secondary N) is 1. The molecule has 7 nitrogen and oxygen atoms in total. The summed E-state index contributed by atoms with van der Waals surface area (Å²) in [4.78, 5) is 22.5. The molecule has 226 valence electrons. The Hall–Kier alpha value is -2.81. The number of ketones is 1. The lowest BCUT2D eigenvalue weighted by Crippen LogP contribution is -2.67. The Kier molecular flexibility index (Phi) is 5.88. The van der Waals surface area contributed by atoms with E-state index in [-0.39, 0.29) is 40.0 Å². The van der Waals surface area contributed by atoms with Crippen LogP contribution in [0.3, 0.4) is 0 Å². The minimum absolute atomic E-state index is 0.0485. The summed E-state index contributed by atoms with van der Waals surface area (Å²) >= 11 is 1.58. The predicted molar refractivity (Wildman–Crippen MR) is 165 cm³/mol. The van der Waals surface area contributed by atoms with Crippen LogP contribution in [-0.2, 0) is 0 Å². The Morgan fingerprint density at radius 3 is 2.70 bits per heavy atom. The second kappa shape index (κ2) is 9.11. The lowest BCUT2D eigenvalue weighted by atomic mass is 9.32. The molecule has 8 atom stereocenters. The van der Waals surface area contributed by atoms with Crippen molar-refractivity contribution in [3.63, 3.8) is 0 Å². The third-order valence-corrected chi connectivity index (χ3v) is 13.9. The van der Waals surface area contributed by atoms with E-state index < -0.39 is 11.0 Å². The Labute approximate surface area is 256 Å². The predicted octanol–water partition coefficient (Wildman–Crippen LogP) is 6.73. The number of carbonyl (C=O) groups is 1. The van der Waals surface area contributed by atoms with Crippen molar-refractivity contribution in [3.8, 4) is 5.75 Å². The molecule has 0 saturated heterocycles. The zero-order chi connectivity index (χ0) is 29.8. The molecule has 43 heavy (non-hydrogen) atoms. The molecule has 1 unspecified atom stereocenters. The summed E-state index contributed by atoms with van der Waals surface area (Å²) in [7, 11) is 1.66. The van der Waals surface area contributed by atoms with Crippen LogP contribution in [0.15, 0.2) is 70.0 Å². The number of H-pyrrole nitrogens is 1. The molecule has 2 spiro atoms. The van der Waals surface area contributed by atoms with E-state index in [2.05, 4.69) is 37.1 Å². The fourth-order valence-electron chi connectivity index (χ4n) is 10.5. The van der Waals surface area contributed by atoms with E-state index in [0.29, 0.717) is 24.4 Å². The largest absolute Gasteiger partial charge is 0.497 e. The van der Waals surface area contributed by atoms with Crippen LogP contribution >= 0.6 is 11.8 Å². The van der Waals surface area contributed by atoms with Gasteiger partial charge in [0, 0.05) is 33.6 Å². The van der Waals surface area contributed by atoms with Crippen LogP contribution in [-0.4, -0.2) is 50.5 Å². The van der Waals surface area contributed by atoms with Crippen LogP contribution < -0.4 is 4.74 Å². The normalized spacial score (nSPS) is 41.0. The summed E-state index contributed by atoms with van der Waals surface area (Å²) in [5, 5.41) is 24.2. The molecule has 3 aromatic rings. The van der Waals surface area contributed by atoms with Crippen molar-refractivity contribution in [2.24, 2.45) is 33.5 Å². The highest BCUT2D eigenvalue weighted by atomic mass is 32.2. The first-order chi connectivity index (χ1) is 20.6. The molecular weight excluding hydrogens is 560 g/mol. The number of methoxy groups -OCH3 is 1. The number of aliphatic hydroxyl groups excluding tert-OH is 1. The summed E-state index contributed by atoms with van der Waals surface area (Å²) in [5.74, 6) is 1.99. The van der Waals surface area contributed by atoms with Crippen LogP contribution in [0.2, 0.25) is 0 Å². The quantitative estimate of drug-likeness (QED) is 0.164. The van der Waals surface area contributed by atoms with Crippen LogP contribution in [0.1, 0.15) is 69.3 Å². The molecule has 6 aliphatic rings. The molecule has 3 N–H and O–H groups in total. The van der Waals surface area contributed by atoms with Crippen molar-refractivity contribution in [1.82, 2.24) is 9.97 Å². The average molecular weight is 601 g/mol. The number of imidazole rings is 1. The number of hydrogen-bond donors (Lipinski definition) is 3. The van der Waals surface area contributed by atoms with Gasteiger partial charge in [0.2, 0.25) is 5.78 Å². The molecule has 2 aromatic heterocycles. The van der Waals surface area contributed by atoms with Gasteiger partial charge in [-0.15, -0.1) is 0 Å². The fourth-order valence-corrected chi connectivity index (χ4v) is 11.7.